The first-order valence-corrected chi connectivity index (χ1v) is 6.27. The van der Waals surface area contributed by atoms with Crippen molar-refractivity contribution in [2.45, 2.75) is 19.4 Å². The highest BCUT2D eigenvalue weighted by Gasteiger charge is 2.34. The summed E-state index contributed by atoms with van der Waals surface area (Å²) < 4.78 is 0. The molecule has 2 rings (SSSR count). The number of anilines is 1. The summed E-state index contributed by atoms with van der Waals surface area (Å²) in [5, 5.41) is 12.5. The molecule has 1 heterocycles. The minimum Gasteiger partial charge on any atom is -0.481 e. The van der Waals surface area contributed by atoms with E-state index >= 15 is 0 Å². The van der Waals surface area contributed by atoms with Gasteiger partial charge in [0.05, 0.1) is 5.92 Å². The molecule has 98 valence electrons. The van der Waals surface area contributed by atoms with Crippen molar-refractivity contribution < 1.29 is 9.90 Å². The third kappa shape index (κ3) is 2.64. The van der Waals surface area contributed by atoms with Gasteiger partial charge in [-0.1, -0.05) is 18.2 Å². The van der Waals surface area contributed by atoms with Gasteiger partial charge in [-0.2, -0.15) is 0 Å². The number of nitrogens with zero attached hydrogens (tertiary/aromatic N) is 1. The Labute approximate surface area is 108 Å². The van der Waals surface area contributed by atoms with E-state index in [-0.39, 0.29) is 11.5 Å². The molecule has 1 unspecified atom stereocenters. The molecule has 0 bridgehead atoms. The van der Waals surface area contributed by atoms with Crippen LogP contribution in [0.4, 0.5) is 5.69 Å². The van der Waals surface area contributed by atoms with Crippen LogP contribution in [-0.4, -0.2) is 36.2 Å². The minimum absolute atomic E-state index is 0.0917. The summed E-state index contributed by atoms with van der Waals surface area (Å²) in [4.78, 5) is 13.4. The van der Waals surface area contributed by atoms with E-state index in [1.54, 1.807) is 0 Å². The molecule has 0 aromatic heterocycles. The van der Waals surface area contributed by atoms with E-state index in [9.17, 15) is 9.90 Å². The normalized spacial score (nSPS) is 23.4. The molecule has 0 saturated carbocycles. The molecule has 0 aliphatic carbocycles. The number of rotatable bonds is 2. The van der Waals surface area contributed by atoms with Crippen LogP contribution in [0.1, 0.15) is 13.8 Å². The number of carboxylic acids is 1. The number of carboxylic acid groups (broad SMARTS) is 1. The van der Waals surface area contributed by atoms with Crippen LogP contribution in [0.15, 0.2) is 30.3 Å². The van der Waals surface area contributed by atoms with Crippen LogP contribution in [0, 0.1) is 5.92 Å². The number of aliphatic carboxylic acids is 1. The lowest BCUT2D eigenvalue weighted by Crippen LogP contribution is -2.49. The number of carbonyl (C=O) groups is 1. The Bertz CT molecular complexity index is 417. The van der Waals surface area contributed by atoms with Gasteiger partial charge in [0.25, 0.3) is 0 Å². The number of benzene rings is 1. The Hall–Kier alpha value is -1.55. The molecule has 18 heavy (non-hydrogen) atoms. The number of hydrogen-bond donors (Lipinski definition) is 2. The van der Waals surface area contributed by atoms with Gasteiger partial charge in [0.2, 0.25) is 0 Å². The van der Waals surface area contributed by atoms with Crippen LogP contribution in [0.2, 0.25) is 0 Å². The monoisotopic (exact) mass is 248 g/mol. The molecule has 0 radical (unpaired) electrons. The molecular weight excluding hydrogens is 228 g/mol. The predicted molar refractivity (Wildman–Crippen MR) is 71.9 cm³/mol. The quantitative estimate of drug-likeness (QED) is 0.834. The second kappa shape index (κ2) is 4.98. The van der Waals surface area contributed by atoms with Gasteiger partial charge in [0.15, 0.2) is 0 Å². The molecule has 0 spiro atoms. The molecule has 0 amide bonds. The maximum atomic E-state index is 11.2. The summed E-state index contributed by atoms with van der Waals surface area (Å²) in [7, 11) is 0. The van der Waals surface area contributed by atoms with E-state index in [0.717, 1.165) is 12.2 Å². The Balaban J connectivity index is 2.30. The number of para-hydroxylation sites is 1. The molecule has 1 saturated heterocycles. The van der Waals surface area contributed by atoms with Crippen LogP contribution in [0.3, 0.4) is 0 Å². The van der Waals surface area contributed by atoms with Crippen molar-refractivity contribution in [3.05, 3.63) is 30.3 Å². The fraction of sp³-hybridized carbons (Fsp3) is 0.500. The van der Waals surface area contributed by atoms with Crippen molar-refractivity contribution in [3.8, 4) is 0 Å². The molecule has 1 atom stereocenters. The maximum Gasteiger partial charge on any atom is 0.309 e. The van der Waals surface area contributed by atoms with Gasteiger partial charge < -0.3 is 15.3 Å². The molecule has 1 aliphatic heterocycles. The third-order valence-electron chi connectivity index (χ3n) is 3.50. The number of nitrogens with one attached hydrogen (secondary N) is 1. The smallest absolute Gasteiger partial charge is 0.309 e. The fourth-order valence-corrected chi connectivity index (χ4v) is 2.41. The molecule has 1 fully saturated rings. The largest absolute Gasteiger partial charge is 0.481 e. The van der Waals surface area contributed by atoms with Crippen molar-refractivity contribution in [3.63, 3.8) is 0 Å². The topological polar surface area (TPSA) is 52.6 Å². The molecule has 1 aromatic rings. The Kier molecular flexibility index (Phi) is 3.57. The fourth-order valence-electron chi connectivity index (χ4n) is 2.41. The molecular formula is C14H20N2O2. The summed E-state index contributed by atoms with van der Waals surface area (Å²) in [6.07, 6.45) is 0. The average Bonchev–Trinajstić information content (AvgIpc) is 2.48. The summed E-state index contributed by atoms with van der Waals surface area (Å²) in [6, 6.07) is 10.0. The van der Waals surface area contributed by atoms with Gasteiger partial charge in [-0.25, -0.2) is 0 Å². The van der Waals surface area contributed by atoms with Crippen molar-refractivity contribution in [2.75, 3.05) is 24.5 Å². The zero-order valence-electron chi connectivity index (χ0n) is 10.9. The summed E-state index contributed by atoms with van der Waals surface area (Å²) >= 11 is 0. The highest BCUT2D eigenvalue weighted by Crippen LogP contribution is 2.26. The van der Waals surface area contributed by atoms with Gasteiger partial charge >= 0.3 is 5.97 Å². The lowest BCUT2D eigenvalue weighted by molar-refractivity contribution is -0.141. The average molecular weight is 248 g/mol. The van der Waals surface area contributed by atoms with Gasteiger partial charge in [0, 0.05) is 30.9 Å². The first-order valence-electron chi connectivity index (χ1n) is 6.27. The molecule has 1 aromatic carbocycles. The van der Waals surface area contributed by atoms with Crippen LogP contribution < -0.4 is 10.2 Å². The van der Waals surface area contributed by atoms with E-state index in [0.29, 0.717) is 13.1 Å². The van der Waals surface area contributed by atoms with Gasteiger partial charge in [-0.15, -0.1) is 0 Å². The van der Waals surface area contributed by atoms with E-state index < -0.39 is 5.97 Å². The van der Waals surface area contributed by atoms with Gasteiger partial charge in [-0.05, 0) is 26.0 Å². The first kappa shape index (κ1) is 12.9. The maximum absolute atomic E-state index is 11.2. The van der Waals surface area contributed by atoms with Crippen LogP contribution >= 0.6 is 0 Å². The Morgan fingerprint density at radius 3 is 2.67 bits per heavy atom. The van der Waals surface area contributed by atoms with E-state index in [4.69, 9.17) is 0 Å². The van der Waals surface area contributed by atoms with Crippen LogP contribution in [-0.2, 0) is 4.79 Å². The molecule has 4 nitrogen and oxygen atoms in total. The first-order chi connectivity index (χ1) is 8.50. The van der Waals surface area contributed by atoms with Crippen LogP contribution in [0.5, 0.6) is 0 Å². The number of hydrogen-bond acceptors (Lipinski definition) is 3. The molecule has 2 N–H and O–H groups in total. The summed E-state index contributed by atoms with van der Waals surface area (Å²) in [5.74, 6) is -1.10. The van der Waals surface area contributed by atoms with Crippen LogP contribution in [0.25, 0.3) is 0 Å². The van der Waals surface area contributed by atoms with Crippen molar-refractivity contribution >= 4 is 11.7 Å². The second-order valence-electron chi connectivity index (χ2n) is 5.42. The lowest BCUT2D eigenvalue weighted by Gasteiger charge is -2.39. The summed E-state index contributed by atoms with van der Waals surface area (Å²) in [5.41, 5.74) is 0.989. The van der Waals surface area contributed by atoms with Crippen molar-refractivity contribution in [1.82, 2.24) is 5.32 Å². The Morgan fingerprint density at radius 2 is 2.06 bits per heavy atom. The SMILES string of the molecule is CC1(C)CNCC(C(=O)O)CN1c1ccccc1. The Morgan fingerprint density at radius 1 is 1.39 bits per heavy atom. The zero-order chi connectivity index (χ0) is 13.2. The highest BCUT2D eigenvalue weighted by molar-refractivity contribution is 5.71. The van der Waals surface area contributed by atoms with Crippen molar-refractivity contribution in [1.29, 1.82) is 0 Å². The van der Waals surface area contributed by atoms with Gasteiger partial charge in [-0.3, -0.25) is 4.79 Å². The zero-order valence-corrected chi connectivity index (χ0v) is 10.9. The minimum atomic E-state index is -0.735. The van der Waals surface area contributed by atoms with E-state index in [2.05, 4.69) is 24.1 Å². The lowest BCUT2D eigenvalue weighted by atomic mass is 10.0. The predicted octanol–water partition coefficient (Wildman–Crippen LogP) is 1.58. The highest BCUT2D eigenvalue weighted by atomic mass is 16.4. The third-order valence-corrected chi connectivity index (χ3v) is 3.50. The second-order valence-corrected chi connectivity index (χ2v) is 5.42. The standard InChI is InChI=1S/C14H20N2O2/c1-14(2)10-15-8-11(13(17)18)9-16(14)12-6-4-3-5-7-12/h3-7,11,15H,8-10H2,1-2H3,(H,17,18). The summed E-state index contributed by atoms with van der Waals surface area (Å²) in [6.45, 7) is 6.13. The van der Waals surface area contributed by atoms with E-state index in [1.807, 2.05) is 30.3 Å². The van der Waals surface area contributed by atoms with E-state index in [1.165, 1.54) is 0 Å². The van der Waals surface area contributed by atoms with Crippen molar-refractivity contribution in [2.24, 2.45) is 5.92 Å². The molecule has 1 aliphatic rings. The van der Waals surface area contributed by atoms with Gasteiger partial charge in [0.1, 0.15) is 0 Å². The molecule has 4 heteroatoms.